The Bertz CT molecular complexity index is 508. The van der Waals surface area contributed by atoms with Gasteiger partial charge in [-0.3, -0.25) is 9.59 Å². The number of amides is 1. The molecular formula is C18H27NO2. The van der Waals surface area contributed by atoms with Gasteiger partial charge >= 0.3 is 0 Å². The van der Waals surface area contributed by atoms with Crippen LogP contribution in [-0.4, -0.2) is 11.7 Å². The van der Waals surface area contributed by atoms with E-state index in [0.29, 0.717) is 11.8 Å². The molecule has 0 aromatic heterocycles. The second-order valence-electron chi connectivity index (χ2n) is 5.89. The Morgan fingerprint density at radius 2 is 1.71 bits per heavy atom. The van der Waals surface area contributed by atoms with E-state index in [2.05, 4.69) is 45.1 Å². The molecule has 2 unspecified atom stereocenters. The van der Waals surface area contributed by atoms with Gasteiger partial charge in [0.2, 0.25) is 5.91 Å². The fourth-order valence-corrected chi connectivity index (χ4v) is 2.29. The van der Waals surface area contributed by atoms with Crippen molar-refractivity contribution in [3.8, 4) is 0 Å². The minimum atomic E-state index is -0.233. The number of carbonyl (C=O) groups excluding carboxylic acids is 2. The fourth-order valence-electron chi connectivity index (χ4n) is 2.29. The van der Waals surface area contributed by atoms with Gasteiger partial charge in [-0.05, 0) is 48.8 Å². The van der Waals surface area contributed by atoms with Crippen LogP contribution in [0.1, 0.15) is 76.8 Å². The van der Waals surface area contributed by atoms with E-state index in [4.69, 9.17) is 0 Å². The summed E-state index contributed by atoms with van der Waals surface area (Å²) < 4.78 is 0. The summed E-state index contributed by atoms with van der Waals surface area (Å²) in [6.45, 7) is 10.1. The van der Waals surface area contributed by atoms with Crippen molar-refractivity contribution in [1.82, 2.24) is 0 Å². The molecule has 0 radical (unpaired) electrons. The topological polar surface area (TPSA) is 46.2 Å². The van der Waals surface area contributed by atoms with Gasteiger partial charge in [0.1, 0.15) is 5.78 Å². The summed E-state index contributed by atoms with van der Waals surface area (Å²) in [7, 11) is 0. The molecule has 0 saturated heterocycles. The highest BCUT2D eigenvalue weighted by atomic mass is 16.2. The lowest BCUT2D eigenvalue weighted by Crippen LogP contribution is -2.16. The lowest BCUT2D eigenvalue weighted by molar-refractivity contribution is -0.124. The summed E-state index contributed by atoms with van der Waals surface area (Å²) in [4.78, 5) is 22.9. The molecule has 2 atom stereocenters. The largest absolute Gasteiger partial charge is 0.325 e. The van der Waals surface area contributed by atoms with Crippen LogP contribution in [0, 0.1) is 0 Å². The lowest BCUT2D eigenvalue weighted by Gasteiger charge is -2.19. The van der Waals surface area contributed by atoms with E-state index < -0.39 is 0 Å². The van der Waals surface area contributed by atoms with Crippen LogP contribution < -0.4 is 5.32 Å². The van der Waals surface area contributed by atoms with Crippen LogP contribution >= 0.6 is 0 Å². The number of hydrogen-bond donors (Lipinski definition) is 1. The van der Waals surface area contributed by atoms with Crippen molar-refractivity contribution in [3.63, 3.8) is 0 Å². The van der Waals surface area contributed by atoms with Crippen LogP contribution in [0.4, 0.5) is 5.69 Å². The molecule has 0 aliphatic carbocycles. The maximum atomic E-state index is 11.8. The van der Waals surface area contributed by atoms with Gasteiger partial charge in [0, 0.05) is 5.69 Å². The van der Waals surface area contributed by atoms with Crippen molar-refractivity contribution in [2.24, 2.45) is 0 Å². The van der Waals surface area contributed by atoms with Gasteiger partial charge in [0.25, 0.3) is 0 Å². The van der Waals surface area contributed by atoms with Crippen LogP contribution in [0.3, 0.4) is 0 Å². The zero-order chi connectivity index (χ0) is 16.0. The highest BCUT2D eigenvalue weighted by molar-refractivity contribution is 6.03. The molecule has 0 saturated carbocycles. The van der Waals surface area contributed by atoms with E-state index in [-0.39, 0.29) is 18.1 Å². The van der Waals surface area contributed by atoms with E-state index in [0.717, 1.165) is 24.1 Å². The van der Waals surface area contributed by atoms with E-state index in [1.54, 1.807) is 0 Å². The molecule has 1 rings (SSSR count). The molecule has 3 nitrogen and oxygen atoms in total. The highest BCUT2D eigenvalue weighted by Crippen LogP contribution is 2.31. The Morgan fingerprint density at radius 3 is 2.24 bits per heavy atom. The van der Waals surface area contributed by atoms with Gasteiger partial charge in [-0.2, -0.15) is 0 Å². The molecule has 1 amide bonds. The van der Waals surface area contributed by atoms with Crippen LogP contribution in [0.15, 0.2) is 18.2 Å². The third-order valence-corrected chi connectivity index (χ3v) is 4.08. The van der Waals surface area contributed by atoms with Gasteiger partial charge in [0.05, 0.1) is 6.42 Å². The SMILES string of the molecule is CCC(C)c1ccc(NC(=O)CC(C)=O)c(C(C)CC)c1. The maximum Gasteiger partial charge on any atom is 0.231 e. The van der Waals surface area contributed by atoms with Gasteiger partial charge in [-0.1, -0.05) is 39.8 Å². The van der Waals surface area contributed by atoms with E-state index in [1.165, 1.54) is 12.5 Å². The summed E-state index contributed by atoms with van der Waals surface area (Å²) in [5.41, 5.74) is 3.30. The van der Waals surface area contributed by atoms with Crippen molar-refractivity contribution in [2.45, 2.75) is 65.7 Å². The maximum absolute atomic E-state index is 11.8. The lowest BCUT2D eigenvalue weighted by atomic mass is 9.90. The molecule has 116 valence electrons. The number of benzene rings is 1. The predicted octanol–water partition coefficient (Wildman–Crippen LogP) is 4.63. The van der Waals surface area contributed by atoms with Crippen LogP contribution in [-0.2, 0) is 9.59 Å². The Balaban J connectivity index is 3.07. The summed E-state index contributed by atoms with van der Waals surface area (Å²) in [6.07, 6.45) is 2.04. The first-order valence-electron chi connectivity index (χ1n) is 7.82. The molecule has 1 N–H and O–H groups in total. The van der Waals surface area contributed by atoms with Crippen LogP contribution in [0.5, 0.6) is 0 Å². The molecule has 0 spiro atoms. The van der Waals surface area contributed by atoms with Crippen molar-refractivity contribution in [2.75, 3.05) is 5.32 Å². The molecule has 3 heteroatoms. The van der Waals surface area contributed by atoms with Crippen LogP contribution in [0.2, 0.25) is 0 Å². The number of anilines is 1. The fraction of sp³-hybridized carbons (Fsp3) is 0.556. The molecule has 0 fully saturated rings. The molecule has 1 aromatic rings. The molecule has 0 heterocycles. The highest BCUT2D eigenvalue weighted by Gasteiger charge is 2.15. The minimum Gasteiger partial charge on any atom is -0.325 e. The smallest absolute Gasteiger partial charge is 0.231 e. The Labute approximate surface area is 128 Å². The number of Topliss-reactive ketones (excluding diaryl/α,β-unsaturated/α-hetero) is 1. The molecule has 21 heavy (non-hydrogen) atoms. The Morgan fingerprint density at radius 1 is 1.10 bits per heavy atom. The average molecular weight is 289 g/mol. The molecule has 0 aliphatic rings. The summed E-state index contributed by atoms with van der Waals surface area (Å²) in [5.74, 6) is 0.536. The normalized spacial score (nSPS) is 13.6. The number of rotatable bonds is 7. The third-order valence-electron chi connectivity index (χ3n) is 4.08. The van der Waals surface area contributed by atoms with Gasteiger partial charge < -0.3 is 5.32 Å². The monoisotopic (exact) mass is 289 g/mol. The predicted molar refractivity (Wildman–Crippen MR) is 87.8 cm³/mol. The van der Waals surface area contributed by atoms with Crippen LogP contribution in [0.25, 0.3) is 0 Å². The number of nitrogens with one attached hydrogen (secondary N) is 1. The molecule has 0 bridgehead atoms. The first-order chi connectivity index (χ1) is 9.88. The van der Waals surface area contributed by atoms with E-state index in [1.807, 2.05) is 6.07 Å². The third kappa shape index (κ3) is 5.00. The summed E-state index contributed by atoms with van der Waals surface area (Å²) in [6, 6.07) is 6.25. The Kier molecular flexibility index (Phi) is 6.60. The second-order valence-corrected chi connectivity index (χ2v) is 5.89. The van der Waals surface area contributed by atoms with Gasteiger partial charge in [-0.15, -0.1) is 0 Å². The molecular weight excluding hydrogens is 262 g/mol. The van der Waals surface area contributed by atoms with Crippen molar-refractivity contribution >= 4 is 17.4 Å². The zero-order valence-corrected chi connectivity index (χ0v) is 13.8. The number of hydrogen-bond acceptors (Lipinski definition) is 2. The van der Waals surface area contributed by atoms with Gasteiger partial charge in [-0.25, -0.2) is 0 Å². The molecule has 0 aliphatic heterocycles. The minimum absolute atomic E-state index is 0.0624. The molecule has 1 aromatic carbocycles. The van der Waals surface area contributed by atoms with Gasteiger partial charge in [0.15, 0.2) is 0 Å². The van der Waals surface area contributed by atoms with Crippen molar-refractivity contribution in [1.29, 1.82) is 0 Å². The van der Waals surface area contributed by atoms with E-state index in [9.17, 15) is 9.59 Å². The number of ketones is 1. The standard InChI is InChI=1S/C18H27NO2/c1-6-12(3)15-8-9-17(16(11-15)13(4)7-2)19-18(21)10-14(5)20/h8-9,11-13H,6-7,10H2,1-5H3,(H,19,21). The second kappa shape index (κ2) is 7.96. The summed E-state index contributed by atoms with van der Waals surface area (Å²) >= 11 is 0. The first kappa shape index (κ1) is 17.4. The quantitative estimate of drug-likeness (QED) is 0.744. The summed E-state index contributed by atoms with van der Waals surface area (Å²) in [5, 5.41) is 2.88. The van der Waals surface area contributed by atoms with Crippen molar-refractivity contribution in [3.05, 3.63) is 29.3 Å². The van der Waals surface area contributed by atoms with E-state index >= 15 is 0 Å². The average Bonchev–Trinajstić information content (AvgIpc) is 2.45. The zero-order valence-electron chi connectivity index (χ0n) is 13.8. The van der Waals surface area contributed by atoms with Crippen molar-refractivity contribution < 1.29 is 9.59 Å². The Hall–Kier alpha value is -1.64. The first-order valence-corrected chi connectivity index (χ1v) is 7.82. The number of carbonyl (C=O) groups is 2.